The highest BCUT2D eigenvalue weighted by Gasteiger charge is 2.16. The third kappa shape index (κ3) is 5.59. The molecular formula is C20H21NO5S. The van der Waals surface area contributed by atoms with Crippen LogP contribution < -0.4 is 14.8 Å². The molecule has 1 aliphatic heterocycles. The van der Waals surface area contributed by atoms with Crippen molar-refractivity contribution in [3.63, 3.8) is 0 Å². The zero-order valence-electron chi connectivity index (χ0n) is 15.0. The maximum atomic E-state index is 12.0. The minimum absolute atomic E-state index is 0.333. The van der Waals surface area contributed by atoms with Gasteiger partial charge in [-0.1, -0.05) is 12.1 Å². The Morgan fingerprint density at radius 1 is 1.26 bits per heavy atom. The van der Waals surface area contributed by atoms with Crippen molar-refractivity contribution in [1.82, 2.24) is 5.32 Å². The molecule has 2 aromatic rings. The van der Waals surface area contributed by atoms with Crippen LogP contribution in [0.15, 0.2) is 41.8 Å². The quantitative estimate of drug-likeness (QED) is 0.609. The molecule has 1 atom stereocenters. The number of carbonyl (C=O) groups is 2. The lowest BCUT2D eigenvalue weighted by atomic mass is 10.2. The van der Waals surface area contributed by atoms with Crippen LogP contribution in [0.2, 0.25) is 0 Å². The van der Waals surface area contributed by atoms with E-state index in [9.17, 15) is 9.59 Å². The third-order valence-electron chi connectivity index (χ3n) is 3.86. The second-order valence-corrected chi connectivity index (χ2v) is 7.00. The maximum Gasteiger partial charge on any atom is 0.331 e. The van der Waals surface area contributed by atoms with Gasteiger partial charge < -0.3 is 19.5 Å². The lowest BCUT2D eigenvalue weighted by Crippen LogP contribution is -2.34. The van der Waals surface area contributed by atoms with E-state index in [2.05, 4.69) is 5.32 Å². The molecule has 1 N–H and O–H groups in total. The highest BCUT2D eigenvalue weighted by atomic mass is 32.1. The molecule has 0 fully saturated rings. The van der Waals surface area contributed by atoms with Crippen molar-refractivity contribution in [2.24, 2.45) is 0 Å². The summed E-state index contributed by atoms with van der Waals surface area (Å²) in [4.78, 5) is 25.0. The van der Waals surface area contributed by atoms with Gasteiger partial charge in [-0.3, -0.25) is 4.79 Å². The van der Waals surface area contributed by atoms with Gasteiger partial charge >= 0.3 is 5.97 Å². The predicted molar refractivity (Wildman–Crippen MR) is 103 cm³/mol. The Morgan fingerprint density at radius 3 is 2.85 bits per heavy atom. The van der Waals surface area contributed by atoms with Crippen LogP contribution in [0.25, 0.3) is 6.08 Å². The summed E-state index contributed by atoms with van der Waals surface area (Å²) in [5, 5.41) is 4.68. The highest BCUT2D eigenvalue weighted by Crippen LogP contribution is 2.30. The fraction of sp³-hybridized carbons (Fsp3) is 0.300. The number of rotatable bonds is 6. The van der Waals surface area contributed by atoms with Crippen molar-refractivity contribution < 1.29 is 23.8 Å². The average Bonchev–Trinajstić information content (AvgIpc) is 3.08. The number of thiophene rings is 1. The molecule has 1 aliphatic rings. The molecule has 142 valence electrons. The smallest absolute Gasteiger partial charge is 0.331 e. The van der Waals surface area contributed by atoms with E-state index in [1.54, 1.807) is 24.3 Å². The number of carbonyl (C=O) groups excluding carboxylic acids is 2. The Labute approximate surface area is 161 Å². The van der Waals surface area contributed by atoms with Crippen LogP contribution in [0.4, 0.5) is 0 Å². The molecule has 27 heavy (non-hydrogen) atoms. The van der Waals surface area contributed by atoms with E-state index >= 15 is 0 Å². The minimum Gasteiger partial charge on any atom is -0.490 e. The second kappa shape index (κ2) is 9.23. The summed E-state index contributed by atoms with van der Waals surface area (Å²) in [5.41, 5.74) is 0.783. The number of nitrogens with one attached hydrogen (secondary N) is 1. The standard InChI is InChI=1S/C20H21NO5S/c1-14(20(23)21-13-16-4-2-11-27-16)26-19(22)8-6-15-5-7-17-18(12-15)25-10-3-9-24-17/h2,4-8,11-12,14H,3,9-10,13H2,1H3,(H,21,23)/b8-6+/t14-/m1/s1. The summed E-state index contributed by atoms with van der Waals surface area (Å²) in [6.07, 6.45) is 2.87. The van der Waals surface area contributed by atoms with E-state index in [0.717, 1.165) is 16.9 Å². The number of hydrogen-bond acceptors (Lipinski definition) is 6. The van der Waals surface area contributed by atoms with Crippen molar-refractivity contribution in [2.75, 3.05) is 13.2 Å². The van der Waals surface area contributed by atoms with Crippen molar-refractivity contribution in [3.05, 3.63) is 52.2 Å². The first kappa shape index (κ1) is 19.0. The predicted octanol–water partition coefficient (Wildman–Crippen LogP) is 3.17. The van der Waals surface area contributed by atoms with Gasteiger partial charge in [0.05, 0.1) is 19.8 Å². The molecule has 3 rings (SSSR count). The van der Waals surface area contributed by atoms with Crippen LogP contribution in [-0.4, -0.2) is 31.2 Å². The molecule has 0 saturated heterocycles. The van der Waals surface area contributed by atoms with E-state index in [1.165, 1.54) is 6.08 Å². The van der Waals surface area contributed by atoms with E-state index in [0.29, 0.717) is 31.3 Å². The Kier molecular flexibility index (Phi) is 6.49. The monoisotopic (exact) mass is 387 g/mol. The van der Waals surface area contributed by atoms with Crippen molar-refractivity contribution in [2.45, 2.75) is 26.0 Å². The lowest BCUT2D eigenvalue weighted by molar-refractivity contribution is -0.150. The van der Waals surface area contributed by atoms with Crippen molar-refractivity contribution >= 4 is 29.3 Å². The fourth-order valence-corrected chi connectivity index (χ4v) is 3.09. The number of ether oxygens (including phenoxy) is 3. The molecule has 0 bridgehead atoms. The van der Waals surface area contributed by atoms with E-state index in [-0.39, 0.29) is 5.91 Å². The van der Waals surface area contributed by atoms with Crippen LogP contribution in [0.5, 0.6) is 11.5 Å². The van der Waals surface area contributed by atoms with Crippen molar-refractivity contribution in [1.29, 1.82) is 0 Å². The topological polar surface area (TPSA) is 73.9 Å². The van der Waals surface area contributed by atoms with Gasteiger partial charge in [0, 0.05) is 17.4 Å². The van der Waals surface area contributed by atoms with E-state index < -0.39 is 12.1 Å². The van der Waals surface area contributed by atoms with Gasteiger partial charge in [0.15, 0.2) is 17.6 Å². The highest BCUT2D eigenvalue weighted by molar-refractivity contribution is 7.09. The van der Waals surface area contributed by atoms with Gasteiger partial charge in [0.2, 0.25) is 0 Å². The Morgan fingerprint density at radius 2 is 2.07 bits per heavy atom. The molecule has 0 aliphatic carbocycles. The first-order chi connectivity index (χ1) is 13.1. The first-order valence-corrected chi connectivity index (χ1v) is 9.58. The summed E-state index contributed by atoms with van der Waals surface area (Å²) in [6.45, 7) is 3.19. The van der Waals surface area contributed by atoms with Gasteiger partial charge in [0.1, 0.15) is 0 Å². The van der Waals surface area contributed by atoms with Crippen LogP contribution >= 0.6 is 11.3 Å². The number of esters is 1. The number of benzene rings is 1. The van der Waals surface area contributed by atoms with Gasteiger partial charge in [-0.25, -0.2) is 4.79 Å². The van der Waals surface area contributed by atoms with Gasteiger partial charge in [-0.2, -0.15) is 0 Å². The first-order valence-electron chi connectivity index (χ1n) is 8.70. The summed E-state index contributed by atoms with van der Waals surface area (Å²) in [5.74, 6) is 0.439. The normalized spacial score (nSPS) is 14.4. The maximum absolute atomic E-state index is 12.0. The molecule has 6 nitrogen and oxygen atoms in total. The van der Waals surface area contributed by atoms with Crippen LogP contribution in [0, 0.1) is 0 Å². The summed E-state index contributed by atoms with van der Waals surface area (Å²) >= 11 is 1.55. The minimum atomic E-state index is -0.870. The molecule has 1 aromatic heterocycles. The van der Waals surface area contributed by atoms with Gasteiger partial charge in [-0.15, -0.1) is 11.3 Å². The Balaban J connectivity index is 1.50. The number of fused-ring (bicyclic) bond motifs is 1. The van der Waals surface area contributed by atoms with Gasteiger partial charge in [0.25, 0.3) is 5.91 Å². The van der Waals surface area contributed by atoms with Crippen LogP contribution in [-0.2, 0) is 20.9 Å². The molecule has 0 radical (unpaired) electrons. The van der Waals surface area contributed by atoms with Gasteiger partial charge in [-0.05, 0) is 42.1 Å². The molecule has 1 amide bonds. The van der Waals surface area contributed by atoms with Crippen LogP contribution in [0.3, 0.4) is 0 Å². The lowest BCUT2D eigenvalue weighted by Gasteiger charge is -2.11. The number of amides is 1. The second-order valence-electron chi connectivity index (χ2n) is 5.97. The summed E-state index contributed by atoms with van der Waals surface area (Å²) < 4.78 is 16.3. The molecule has 1 aromatic carbocycles. The average molecular weight is 387 g/mol. The zero-order valence-corrected chi connectivity index (χ0v) is 15.8. The zero-order chi connectivity index (χ0) is 19.1. The summed E-state index contributed by atoms with van der Waals surface area (Å²) in [6, 6.07) is 9.29. The SMILES string of the molecule is C[C@@H](OC(=O)/C=C/c1ccc2c(c1)OCCCO2)C(=O)NCc1cccs1. The third-order valence-corrected chi connectivity index (χ3v) is 4.74. The molecular weight excluding hydrogens is 366 g/mol. The van der Waals surface area contributed by atoms with E-state index in [4.69, 9.17) is 14.2 Å². The van der Waals surface area contributed by atoms with E-state index in [1.807, 2.05) is 35.7 Å². The summed E-state index contributed by atoms with van der Waals surface area (Å²) in [7, 11) is 0. The molecule has 2 heterocycles. The Bertz CT molecular complexity index is 816. The van der Waals surface area contributed by atoms with Crippen molar-refractivity contribution in [3.8, 4) is 11.5 Å². The Hall–Kier alpha value is -2.80. The fourth-order valence-electron chi connectivity index (χ4n) is 2.45. The number of hydrogen-bond donors (Lipinski definition) is 1. The largest absolute Gasteiger partial charge is 0.490 e. The molecule has 7 heteroatoms. The van der Waals surface area contributed by atoms with Crippen LogP contribution in [0.1, 0.15) is 23.8 Å². The molecule has 0 saturated carbocycles. The molecule has 0 spiro atoms. The molecule has 0 unspecified atom stereocenters.